The van der Waals surface area contributed by atoms with Crippen molar-refractivity contribution in [2.24, 2.45) is 5.41 Å². The number of benzene rings is 1. The van der Waals surface area contributed by atoms with Crippen LogP contribution in [0.3, 0.4) is 0 Å². The van der Waals surface area contributed by atoms with Gasteiger partial charge in [0.05, 0.1) is 0 Å². The van der Waals surface area contributed by atoms with Gasteiger partial charge in [-0.2, -0.15) is 0 Å². The molecule has 0 radical (unpaired) electrons. The van der Waals surface area contributed by atoms with Crippen molar-refractivity contribution in [3.05, 3.63) is 53.1 Å². The van der Waals surface area contributed by atoms with Gasteiger partial charge in [-0.1, -0.05) is 68.8 Å². The van der Waals surface area contributed by atoms with Crippen LogP contribution < -0.4 is 0 Å². The minimum atomic E-state index is 0.260. The van der Waals surface area contributed by atoms with Crippen molar-refractivity contribution in [3.63, 3.8) is 0 Å². The summed E-state index contributed by atoms with van der Waals surface area (Å²) in [5.41, 5.74) is 4.27. The molecule has 0 aliphatic rings. The van der Waals surface area contributed by atoms with Crippen LogP contribution in [-0.4, -0.2) is 0 Å². The summed E-state index contributed by atoms with van der Waals surface area (Å²) in [6.07, 6.45) is 6.51. The van der Waals surface area contributed by atoms with Crippen molar-refractivity contribution < 1.29 is 0 Å². The molecule has 0 unspecified atom stereocenters. The second-order valence-electron chi connectivity index (χ2n) is 5.32. The molecule has 0 atom stereocenters. The van der Waals surface area contributed by atoms with Crippen LogP contribution in [0.5, 0.6) is 0 Å². The van der Waals surface area contributed by atoms with Crippen molar-refractivity contribution >= 4 is 6.08 Å². The predicted octanol–water partition coefficient (Wildman–Crippen LogP) is 5.00. The zero-order valence-electron chi connectivity index (χ0n) is 11.0. The fourth-order valence-corrected chi connectivity index (χ4v) is 1.32. The molecule has 0 aromatic heterocycles. The van der Waals surface area contributed by atoms with E-state index in [1.54, 1.807) is 0 Å². The number of hydrogen-bond donors (Lipinski definition) is 0. The highest BCUT2D eigenvalue weighted by molar-refractivity contribution is 5.55. The molecule has 0 nitrogen and oxygen atoms in total. The molecule has 0 N–H and O–H groups in total. The lowest BCUT2D eigenvalue weighted by Crippen LogP contribution is -2.05. The van der Waals surface area contributed by atoms with Gasteiger partial charge in [0.25, 0.3) is 0 Å². The Labute approximate surface area is 99.7 Å². The fraction of sp³-hybridized carbons (Fsp3) is 0.375. The molecule has 0 heteroatoms. The SMILES string of the molecule is C/C(=C\C=C/c1ccccc1C)C(C)(C)C. The lowest BCUT2D eigenvalue weighted by molar-refractivity contribution is 0.504. The molecule has 0 heterocycles. The maximum Gasteiger partial charge on any atom is -0.0173 e. The molecule has 1 aromatic rings. The standard InChI is InChI=1S/C16H22/c1-13-9-6-7-11-15(13)12-8-10-14(2)16(3,4)5/h6-12H,1-5H3/b12-8-,14-10+. The van der Waals surface area contributed by atoms with Gasteiger partial charge in [-0.05, 0) is 30.4 Å². The van der Waals surface area contributed by atoms with E-state index in [2.05, 4.69) is 77.1 Å². The minimum absolute atomic E-state index is 0.260. The highest BCUT2D eigenvalue weighted by atomic mass is 14.2. The molecule has 0 saturated carbocycles. The van der Waals surface area contributed by atoms with Gasteiger partial charge >= 0.3 is 0 Å². The Kier molecular flexibility index (Phi) is 4.12. The summed E-state index contributed by atoms with van der Waals surface area (Å²) >= 11 is 0. The zero-order chi connectivity index (χ0) is 12.2. The van der Waals surface area contributed by atoms with Crippen LogP contribution in [0.4, 0.5) is 0 Å². The summed E-state index contributed by atoms with van der Waals surface area (Å²) in [4.78, 5) is 0. The third-order valence-corrected chi connectivity index (χ3v) is 2.99. The van der Waals surface area contributed by atoms with E-state index in [4.69, 9.17) is 0 Å². The number of allylic oxidation sites excluding steroid dienone is 3. The van der Waals surface area contributed by atoms with Crippen LogP contribution in [0.15, 0.2) is 42.0 Å². The molecule has 86 valence electrons. The van der Waals surface area contributed by atoms with Gasteiger partial charge in [-0.15, -0.1) is 0 Å². The second-order valence-corrected chi connectivity index (χ2v) is 5.32. The third-order valence-electron chi connectivity index (χ3n) is 2.99. The molecule has 0 amide bonds. The van der Waals surface area contributed by atoms with E-state index in [1.807, 2.05) is 0 Å². The highest BCUT2D eigenvalue weighted by Crippen LogP contribution is 2.24. The number of hydrogen-bond acceptors (Lipinski definition) is 0. The first-order valence-corrected chi connectivity index (χ1v) is 5.82. The van der Waals surface area contributed by atoms with Crippen LogP contribution in [-0.2, 0) is 0 Å². The highest BCUT2D eigenvalue weighted by Gasteiger charge is 2.10. The Morgan fingerprint density at radius 2 is 1.75 bits per heavy atom. The Bertz CT molecular complexity index is 400. The smallest absolute Gasteiger partial charge is 0.0173 e. The second kappa shape index (κ2) is 5.16. The summed E-state index contributed by atoms with van der Waals surface area (Å²) in [5.74, 6) is 0. The van der Waals surface area contributed by atoms with Crippen LogP contribution in [0.2, 0.25) is 0 Å². The van der Waals surface area contributed by atoms with Gasteiger partial charge in [0.1, 0.15) is 0 Å². The minimum Gasteiger partial charge on any atom is -0.0679 e. The predicted molar refractivity (Wildman–Crippen MR) is 73.4 cm³/mol. The Hall–Kier alpha value is -1.30. The first kappa shape index (κ1) is 12.8. The van der Waals surface area contributed by atoms with E-state index < -0.39 is 0 Å². The van der Waals surface area contributed by atoms with Gasteiger partial charge in [0.2, 0.25) is 0 Å². The summed E-state index contributed by atoms with van der Waals surface area (Å²) in [5, 5.41) is 0. The van der Waals surface area contributed by atoms with Gasteiger partial charge in [-0.25, -0.2) is 0 Å². The molecular formula is C16H22. The lowest BCUT2D eigenvalue weighted by Gasteiger charge is -2.18. The molecule has 1 rings (SSSR count). The Balaban J connectivity index is 2.80. The summed E-state index contributed by atoms with van der Waals surface area (Å²) in [7, 11) is 0. The lowest BCUT2D eigenvalue weighted by atomic mass is 9.87. The topological polar surface area (TPSA) is 0 Å². The van der Waals surface area contributed by atoms with Crippen LogP contribution in [0.1, 0.15) is 38.8 Å². The van der Waals surface area contributed by atoms with Gasteiger partial charge in [-0.3, -0.25) is 0 Å². The maximum absolute atomic E-state index is 2.24. The summed E-state index contributed by atoms with van der Waals surface area (Å²) in [6.45, 7) is 11.0. The van der Waals surface area contributed by atoms with Crippen molar-refractivity contribution in [1.82, 2.24) is 0 Å². The van der Waals surface area contributed by atoms with E-state index in [0.29, 0.717) is 0 Å². The Morgan fingerprint density at radius 1 is 1.12 bits per heavy atom. The Morgan fingerprint density at radius 3 is 2.31 bits per heavy atom. The number of rotatable bonds is 2. The van der Waals surface area contributed by atoms with Crippen LogP contribution in [0, 0.1) is 12.3 Å². The average Bonchev–Trinajstić information content (AvgIpc) is 2.19. The molecule has 0 spiro atoms. The van der Waals surface area contributed by atoms with Gasteiger partial charge < -0.3 is 0 Å². The van der Waals surface area contributed by atoms with Gasteiger partial charge in [0.15, 0.2) is 0 Å². The van der Waals surface area contributed by atoms with Crippen molar-refractivity contribution in [3.8, 4) is 0 Å². The molecule has 1 aromatic carbocycles. The molecule has 0 saturated heterocycles. The van der Waals surface area contributed by atoms with Crippen molar-refractivity contribution in [2.75, 3.05) is 0 Å². The number of aryl methyl sites for hydroxylation is 1. The molecule has 0 bridgehead atoms. The van der Waals surface area contributed by atoms with Gasteiger partial charge in [0, 0.05) is 0 Å². The van der Waals surface area contributed by atoms with E-state index in [-0.39, 0.29) is 5.41 Å². The molecule has 0 aliphatic carbocycles. The third kappa shape index (κ3) is 3.69. The maximum atomic E-state index is 2.24. The first-order valence-electron chi connectivity index (χ1n) is 5.82. The van der Waals surface area contributed by atoms with Crippen LogP contribution in [0.25, 0.3) is 6.08 Å². The largest absolute Gasteiger partial charge is 0.0679 e. The quantitative estimate of drug-likeness (QED) is 0.608. The van der Waals surface area contributed by atoms with Crippen LogP contribution >= 0.6 is 0 Å². The van der Waals surface area contributed by atoms with E-state index >= 15 is 0 Å². The van der Waals surface area contributed by atoms with E-state index in [1.165, 1.54) is 16.7 Å². The average molecular weight is 214 g/mol. The normalized spacial score (nSPS) is 13.4. The zero-order valence-corrected chi connectivity index (χ0v) is 11.0. The molecule has 16 heavy (non-hydrogen) atoms. The molecule has 0 fully saturated rings. The van der Waals surface area contributed by atoms with E-state index in [9.17, 15) is 0 Å². The first-order chi connectivity index (χ1) is 7.41. The molecular weight excluding hydrogens is 192 g/mol. The van der Waals surface area contributed by atoms with Crippen molar-refractivity contribution in [2.45, 2.75) is 34.6 Å². The molecule has 0 aliphatic heterocycles. The van der Waals surface area contributed by atoms with E-state index in [0.717, 1.165) is 0 Å². The van der Waals surface area contributed by atoms with Crippen molar-refractivity contribution in [1.29, 1.82) is 0 Å². The summed E-state index contributed by atoms with van der Waals surface area (Å²) in [6, 6.07) is 8.43. The summed E-state index contributed by atoms with van der Waals surface area (Å²) < 4.78 is 0. The fourth-order valence-electron chi connectivity index (χ4n) is 1.32. The monoisotopic (exact) mass is 214 g/mol.